The lowest BCUT2D eigenvalue weighted by atomic mass is 9.92. The van der Waals surface area contributed by atoms with Crippen molar-refractivity contribution in [1.82, 2.24) is 16.0 Å². The summed E-state index contributed by atoms with van der Waals surface area (Å²) < 4.78 is 18.3. The smallest absolute Gasteiger partial charge is 0.338 e. The number of quaternary nitrogens is 1. The Hall–Kier alpha value is -5.65. The van der Waals surface area contributed by atoms with Crippen LogP contribution in [-0.4, -0.2) is 74.1 Å². The Morgan fingerprint density at radius 3 is 1.74 bits per heavy atom. The number of halogens is 2. The Bertz CT molecular complexity index is 2410. The molecule has 0 spiro atoms. The molecular formula is C52H75Cl2N7O7S2. The summed E-state index contributed by atoms with van der Waals surface area (Å²) in [6.07, 6.45) is 3.70. The molecule has 5 rings (SSSR count). The summed E-state index contributed by atoms with van der Waals surface area (Å²) in [5, 5.41) is 12.3. The first-order chi connectivity index (χ1) is 31.0. The van der Waals surface area contributed by atoms with Crippen molar-refractivity contribution >= 4 is 78.2 Å². The molecule has 3 amide bonds. The maximum atomic E-state index is 14.1. The summed E-state index contributed by atoms with van der Waals surface area (Å²) in [4.78, 5) is 57.9. The Morgan fingerprint density at radius 1 is 0.686 bits per heavy atom. The molecule has 14 nitrogen and oxygen atoms in total. The lowest BCUT2D eigenvalue weighted by Gasteiger charge is -2.25. The monoisotopic (exact) mass is 1040 g/mol. The molecule has 0 bridgehead atoms. The second kappa shape index (κ2) is 34.6. The number of guanidine groups is 1. The summed E-state index contributed by atoms with van der Waals surface area (Å²) in [6, 6.07) is 29.8. The van der Waals surface area contributed by atoms with E-state index < -0.39 is 48.4 Å². The van der Waals surface area contributed by atoms with Crippen LogP contribution in [0.2, 0.25) is 0 Å². The van der Waals surface area contributed by atoms with Crippen LogP contribution in [0.15, 0.2) is 116 Å². The first-order valence-electron chi connectivity index (χ1n) is 21.9. The van der Waals surface area contributed by atoms with Gasteiger partial charge in [0.1, 0.15) is 36.2 Å². The highest BCUT2D eigenvalue weighted by Crippen LogP contribution is 2.45. The SMILES string of the molecule is C.C.C=CC[C@H](NC(=O)[C@@H](CCC[NH+]=C(N)N)NC(=O)[C@@H](CCCC[NH3+])NC(=O)COc1ccc2ccccc2c1-c1c(OCC(C)C)ccc2ccccc12)C(=O)OCc1ccccc1.S.S.[Cl-].[Cl-]. The zero-order valence-electron chi connectivity index (χ0n) is 38.7. The van der Waals surface area contributed by atoms with Crippen molar-refractivity contribution in [3.63, 3.8) is 0 Å². The van der Waals surface area contributed by atoms with Gasteiger partial charge in [-0.05, 0) is 83.7 Å². The molecule has 0 unspecified atom stereocenters. The Labute approximate surface area is 440 Å². The fourth-order valence-electron chi connectivity index (χ4n) is 7.25. The summed E-state index contributed by atoms with van der Waals surface area (Å²) in [5.41, 5.74) is 17.5. The number of fused-ring (bicyclic) bond motifs is 2. The number of benzene rings is 5. The van der Waals surface area contributed by atoms with Gasteiger partial charge >= 0.3 is 11.9 Å². The summed E-state index contributed by atoms with van der Waals surface area (Å²) in [7, 11) is 0. The first kappa shape index (κ1) is 66.4. The van der Waals surface area contributed by atoms with Gasteiger partial charge in [0.25, 0.3) is 5.91 Å². The van der Waals surface area contributed by atoms with Crippen LogP contribution in [0.25, 0.3) is 32.7 Å². The van der Waals surface area contributed by atoms with Crippen LogP contribution in [0, 0.1) is 5.92 Å². The molecular weight excluding hydrogens is 970 g/mol. The number of esters is 1. The van der Waals surface area contributed by atoms with Gasteiger partial charge in [-0.1, -0.05) is 126 Å². The maximum absolute atomic E-state index is 14.1. The fraction of sp³-hybridized carbons (Fsp3) is 0.365. The van der Waals surface area contributed by atoms with Crippen molar-refractivity contribution in [2.45, 2.75) is 92.0 Å². The number of carbonyl (C=O) groups excluding carboxylic acids is 4. The summed E-state index contributed by atoms with van der Waals surface area (Å²) in [5.74, 6) is -0.909. The van der Waals surface area contributed by atoms with Crippen molar-refractivity contribution in [1.29, 1.82) is 0 Å². The quantitative estimate of drug-likeness (QED) is 0.0124. The van der Waals surface area contributed by atoms with Gasteiger partial charge in [-0.2, -0.15) is 27.0 Å². The highest BCUT2D eigenvalue weighted by atomic mass is 35.5. The van der Waals surface area contributed by atoms with Gasteiger partial charge < -0.3 is 60.7 Å². The van der Waals surface area contributed by atoms with Crippen molar-refractivity contribution in [2.75, 3.05) is 26.3 Å². The van der Waals surface area contributed by atoms with Gasteiger partial charge in [-0.25, -0.2) is 4.79 Å². The van der Waals surface area contributed by atoms with Gasteiger partial charge in [0.05, 0.1) is 19.7 Å². The third-order valence-corrected chi connectivity index (χ3v) is 10.5. The van der Waals surface area contributed by atoms with Gasteiger partial charge in [-0.15, -0.1) is 6.58 Å². The Balaban J connectivity index is 0. The Morgan fingerprint density at radius 2 is 1.20 bits per heavy atom. The maximum Gasteiger partial charge on any atom is 0.338 e. The molecule has 5 aromatic carbocycles. The summed E-state index contributed by atoms with van der Waals surface area (Å²) >= 11 is 0. The number of nitrogens with one attached hydrogen (secondary N) is 4. The third kappa shape index (κ3) is 20.0. The molecule has 11 N–H and O–H groups in total. The standard InChI is InChI=1S/C50H61N7O7.2CH4.2ClH.2H2S/c1-4-15-41(49(61)64-31-34-16-6-5-7-17-34)57-48(60)40(23-14-29-54-50(52)53)56-47(59)39(22-12-13-28-51)55-44(58)32-63-43-27-25-36-19-9-11-21-38(36)46(43)45-37-20-10-8-18-35(37)24-26-42(45)62-30-33(2)3;;;;;;/h4-11,16-21,24-27,33,39-41H,1,12-15,22-23,28-32,51H2,2-3H3,(H,55,58)(H,56,59)(H,57,60)(H4,52,53,54);2*1H4;2*1H;2*1H2/t39-,40-,41+;;;;;;/m1....../s1. The predicted molar refractivity (Wildman–Crippen MR) is 284 cm³/mol. The zero-order valence-corrected chi connectivity index (χ0v) is 42.2. The average molecular weight is 1050 g/mol. The number of carbonyl (C=O) groups is 4. The minimum Gasteiger partial charge on any atom is -1.00 e. The van der Waals surface area contributed by atoms with Crippen LogP contribution in [0.4, 0.5) is 0 Å². The van der Waals surface area contributed by atoms with E-state index in [-0.39, 0.29) is 104 Å². The molecule has 0 aromatic heterocycles. The van der Waals surface area contributed by atoms with Crippen molar-refractivity contribution < 1.29 is 68.9 Å². The molecule has 70 heavy (non-hydrogen) atoms. The van der Waals surface area contributed by atoms with E-state index in [9.17, 15) is 19.2 Å². The van der Waals surface area contributed by atoms with E-state index in [1.165, 1.54) is 6.08 Å². The molecule has 18 heteroatoms. The molecule has 0 radical (unpaired) electrons. The van der Waals surface area contributed by atoms with E-state index in [0.717, 1.165) is 38.2 Å². The largest absolute Gasteiger partial charge is 1.00 e. The molecule has 0 saturated carbocycles. The predicted octanol–water partition coefficient (Wildman–Crippen LogP) is -1.10. The van der Waals surface area contributed by atoms with E-state index in [0.29, 0.717) is 50.5 Å². The molecule has 0 fully saturated rings. The summed E-state index contributed by atoms with van der Waals surface area (Å²) in [6.45, 7) is 9.00. The van der Waals surface area contributed by atoms with Crippen molar-refractivity contribution in [2.24, 2.45) is 17.4 Å². The van der Waals surface area contributed by atoms with Crippen LogP contribution in [-0.2, 0) is 30.5 Å². The second-order valence-corrected chi connectivity index (χ2v) is 16.0. The van der Waals surface area contributed by atoms with Crippen LogP contribution >= 0.6 is 27.0 Å². The topological polar surface area (TPSA) is 226 Å². The number of amides is 3. The van der Waals surface area contributed by atoms with E-state index in [1.807, 2.05) is 103 Å². The van der Waals surface area contributed by atoms with Crippen molar-refractivity contribution in [3.8, 4) is 22.6 Å². The fourth-order valence-corrected chi connectivity index (χ4v) is 7.25. The van der Waals surface area contributed by atoms with Gasteiger partial charge in [0, 0.05) is 11.1 Å². The van der Waals surface area contributed by atoms with E-state index in [2.05, 4.69) is 47.1 Å². The number of rotatable bonds is 25. The zero-order chi connectivity index (χ0) is 45.8. The molecule has 0 aliphatic carbocycles. The molecule has 386 valence electrons. The lowest BCUT2D eigenvalue weighted by Crippen LogP contribution is -3.00. The normalized spacial score (nSPS) is 11.4. The van der Waals surface area contributed by atoms with Crippen molar-refractivity contribution in [3.05, 3.63) is 121 Å². The first-order valence-corrected chi connectivity index (χ1v) is 21.9. The molecule has 0 aliphatic heterocycles. The molecule has 0 heterocycles. The second-order valence-electron chi connectivity index (χ2n) is 16.0. The number of ether oxygens (including phenoxy) is 3. The van der Waals surface area contributed by atoms with Gasteiger partial charge in [0.2, 0.25) is 11.8 Å². The molecule has 3 atom stereocenters. The highest BCUT2D eigenvalue weighted by molar-refractivity contribution is 7.59. The van der Waals surface area contributed by atoms with Crippen LogP contribution in [0.5, 0.6) is 11.5 Å². The van der Waals surface area contributed by atoms with Gasteiger partial charge in [0.15, 0.2) is 6.61 Å². The molecule has 0 saturated heterocycles. The molecule has 5 aromatic rings. The minimum absolute atomic E-state index is 0. The van der Waals surface area contributed by atoms with Crippen LogP contribution in [0.3, 0.4) is 0 Å². The molecule has 0 aliphatic rings. The lowest BCUT2D eigenvalue weighted by molar-refractivity contribution is -0.459. The average Bonchev–Trinajstić information content (AvgIpc) is 3.29. The highest BCUT2D eigenvalue weighted by Gasteiger charge is 2.30. The number of hydrogen-bond acceptors (Lipinski definition) is 7. The van der Waals surface area contributed by atoms with E-state index >= 15 is 0 Å². The Kier molecular flexibility index (Phi) is 32.8. The number of unbranched alkanes of at least 4 members (excludes halogenated alkanes) is 1. The van der Waals surface area contributed by atoms with Gasteiger partial charge in [-0.3, -0.25) is 30.8 Å². The van der Waals surface area contributed by atoms with Crippen LogP contribution < -0.4 is 72.4 Å². The van der Waals surface area contributed by atoms with Crippen LogP contribution in [0.1, 0.15) is 72.8 Å². The minimum atomic E-state index is -1.10. The number of hydrogen-bond donors (Lipinski definition) is 7. The number of nitrogens with two attached hydrogens (primary N) is 2. The third-order valence-electron chi connectivity index (χ3n) is 10.5. The van der Waals surface area contributed by atoms with E-state index in [1.54, 1.807) is 0 Å². The van der Waals surface area contributed by atoms with E-state index in [4.69, 9.17) is 25.7 Å².